The normalized spacial score (nSPS) is 26.1. The van der Waals surface area contributed by atoms with E-state index in [0.29, 0.717) is 0 Å². The first-order chi connectivity index (χ1) is 13.1. The van der Waals surface area contributed by atoms with Crippen LogP contribution in [0.2, 0.25) is 0 Å². The van der Waals surface area contributed by atoms with E-state index in [9.17, 15) is 9.90 Å². The van der Waals surface area contributed by atoms with Crippen LogP contribution in [-0.4, -0.2) is 41.2 Å². The van der Waals surface area contributed by atoms with Crippen LogP contribution in [0.1, 0.15) is 44.2 Å². The molecular formula is C22H29N3O2. The molecule has 2 heterocycles. The van der Waals surface area contributed by atoms with E-state index in [2.05, 4.69) is 27.3 Å². The second-order valence-corrected chi connectivity index (χ2v) is 8.01. The monoisotopic (exact) mass is 367 g/mol. The largest absolute Gasteiger partial charge is 0.393 e. The standard InChI is InChI=1S/C22H29N3O2/c1-15-13-21(19-6-2-3-7-20(19)24-15)25(17-8-10-18(26)11-9-17)22(27)16-5-4-12-23-14-16/h2-3,6-7,13,16-18,23,26H,4-5,8-12,14H2,1H3/t16-,17?,18?/m0/s1. The molecule has 2 N–H and O–H groups in total. The predicted octanol–water partition coefficient (Wildman–Crippen LogP) is 3.18. The summed E-state index contributed by atoms with van der Waals surface area (Å²) < 4.78 is 0. The SMILES string of the molecule is Cc1cc(N(C(=O)[C@H]2CCCNC2)C2CCC(O)CC2)c2ccccc2n1. The lowest BCUT2D eigenvalue weighted by Gasteiger charge is -2.39. The highest BCUT2D eigenvalue weighted by molar-refractivity contribution is 6.04. The van der Waals surface area contributed by atoms with Gasteiger partial charge < -0.3 is 15.3 Å². The molecule has 1 atom stereocenters. The van der Waals surface area contributed by atoms with Crippen LogP contribution in [0, 0.1) is 12.8 Å². The van der Waals surface area contributed by atoms with Crippen molar-refractivity contribution >= 4 is 22.5 Å². The number of carbonyl (C=O) groups excluding carboxylic acids is 1. The summed E-state index contributed by atoms with van der Waals surface area (Å²) in [6, 6.07) is 10.3. The Bertz CT molecular complexity index is 808. The van der Waals surface area contributed by atoms with Crippen LogP contribution in [0.5, 0.6) is 0 Å². The lowest BCUT2D eigenvalue weighted by molar-refractivity contribution is -0.123. The molecule has 144 valence electrons. The molecule has 4 rings (SSSR count). The molecule has 1 aromatic heterocycles. The van der Waals surface area contributed by atoms with Gasteiger partial charge in [0, 0.05) is 23.7 Å². The minimum Gasteiger partial charge on any atom is -0.393 e. The summed E-state index contributed by atoms with van der Waals surface area (Å²) in [6.07, 6.45) is 4.98. The molecule has 1 saturated heterocycles. The lowest BCUT2D eigenvalue weighted by atomic mass is 9.89. The van der Waals surface area contributed by atoms with Gasteiger partial charge in [-0.3, -0.25) is 9.78 Å². The average molecular weight is 367 g/mol. The summed E-state index contributed by atoms with van der Waals surface area (Å²) in [5.74, 6) is 0.247. The first kappa shape index (κ1) is 18.4. The first-order valence-electron chi connectivity index (χ1n) is 10.2. The van der Waals surface area contributed by atoms with Gasteiger partial charge in [0.1, 0.15) is 0 Å². The third-order valence-corrected chi connectivity index (χ3v) is 6.00. The molecule has 2 aromatic rings. The second kappa shape index (κ2) is 7.95. The van der Waals surface area contributed by atoms with Gasteiger partial charge in [0.15, 0.2) is 0 Å². The number of benzene rings is 1. The van der Waals surface area contributed by atoms with Gasteiger partial charge in [-0.25, -0.2) is 0 Å². The fourth-order valence-corrected chi connectivity index (χ4v) is 4.56. The quantitative estimate of drug-likeness (QED) is 0.874. The number of aryl methyl sites for hydroxylation is 1. The number of fused-ring (bicyclic) bond motifs is 1. The van der Waals surface area contributed by atoms with E-state index in [-0.39, 0.29) is 24.0 Å². The highest BCUT2D eigenvalue weighted by atomic mass is 16.3. The van der Waals surface area contributed by atoms with Crippen molar-refractivity contribution in [2.45, 2.75) is 57.6 Å². The fourth-order valence-electron chi connectivity index (χ4n) is 4.56. The Morgan fingerprint density at radius 1 is 1.19 bits per heavy atom. The summed E-state index contributed by atoms with van der Waals surface area (Å²) in [5, 5.41) is 14.4. The molecular weight excluding hydrogens is 338 g/mol. The molecule has 1 aliphatic heterocycles. The van der Waals surface area contributed by atoms with Gasteiger partial charge >= 0.3 is 0 Å². The van der Waals surface area contributed by atoms with Gasteiger partial charge in [0.05, 0.1) is 23.2 Å². The van der Waals surface area contributed by atoms with Crippen molar-refractivity contribution in [2.75, 3.05) is 18.0 Å². The molecule has 0 unspecified atom stereocenters. The molecule has 0 bridgehead atoms. The number of hydrogen-bond acceptors (Lipinski definition) is 4. The summed E-state index contributed by atoms with van der Waals surface area (Å²) in [5.41, 5.74) is 2.84. The number of aliphatic hydroxyl groups excluding tert-OH is 1. The van der Waals surface area contributed by atoms with Gasteiger partial charge in [-0.1, -0.05) is 18.2 Å². The van der Waals surface area contributed by atoms with Gasteiger partial charge in [-0.2, -0.15) is 0 Å². The number of amides is 1. The third-order valence-electron chi connectivity index (χ3n) is 6.00. The van der Waals surface area contributed by atoms with Gasteiger partial charge in [-0.15, -0.1) is 0 Å². The van der Waals surface area contributed by atoms with Gasteiger partial charge in [-0.05, 0) is 64.1 Å². The fraction of sp³-hybridized carbons (Fsp3) is 0.545. The Labute approximate surface area is 160 Å². The predicted molar refractivity (Wildman–Crippen MR) is 108 cm³/mol. The van der Waals surface area contributed by atoms with E-state index in [4.69, 9.17) is 0 Å². The Kier molecular flexibility index (Phi) is 5.41. The van der Waals surface area contributed by atoms with E-state index >= 15 is 0 Å². The van der Waals surface area contributed by atoms with E-state index in [1.165, 1.54) is 0 Å². The van der Waals surface area contributed by atoms with Crippen LogP contribution in [0.15, 0.2) is 30.3 Å². The molecule has 1 aromatic carbocycles. The average Bonchev–Trinajstić information content (AvgIpc) is 2.70. The third kappa shape index (κ3) is 3.85. The number of aromatic nitrogens is 1. The summed E-state index contributed by atoms with van der Waals surface area (Å²) in [4.78, 5) is 20.4. The second-order valence-electron chi connectivity index (χ2n) is 8.01. The molecule has 5 nitrogen and oxygen atoms in total. The van der Waals surface area contributed by atoms with Crippen molar-refractivity contribution in [3.63, 3.8) is 0 Å². The molecule has 27 heavy (non-hydrogen) atoms. The summed E-state index contributed by atoms with van der Waals surface area (Å²) in [7, 11) is 0. The minimum atomic E-state index is -0.231. The van der Waals surface area contributed by atoms with E-state index in [1.54, 1.807) is 0 Å². The number of nitrogens with zero attached hydrogens (tertiary/aromatic N) is 2. The van der Waals surface area contributed by atoms with Crippen molar-refractivity contribution < 1.29 is 9.90 Å². The van der Waals surface area contributed by atoms with E-state index < -0.39 is 0 Å². The van der Waals surface area contributed by atoms with Gasteiger partial charge in [0.25, 0.3) is 0 Å². The number of para-hydroxylation sites is 1. The zero-order chi connectivity index (χ0) is 18.8. The maximum Gasteiger partial charge on any atom is 0.231 e. The zero-order valence-corrected chi connectivity index (χ0v) is 16.0. The molecule has 1 saturated carbocycles. The Morgan fingerprint density at radius 3 is 2.70 bits per heavy atom. The number of nitrogens with one attached hydrogen (secondary N) is 1. The topological polar surface area (TPSA) is 65.5 Å². The summed E-state index contributed by atoms with van der Waals surface area (Å²) in [6.45, 7) is 3.74. The highest BCUT2D eigenvalue weighted by Crippen LogP contribution is 2.34. The van der Waals surface area contributed by atoms with Crippen LogP contribution >= 0.6 is 0 Å². The van der Waals surface area contributed by atoms with Crippen molar-refractivity contribution in [2.24, 2.45) is 5.92 Å². The number of anilines is 1. The van der Waals surface area contributed by atoms with E-state index in [0.717, 1.165) is 73.9 Å². The molecule has 0 spiro atoms. The molecule has 2 aliphatic rings. The highest BCUT2D eigenvalue weighted by Gasteiger charge is 2.34. The lowest BCUT2D eigenvalue weighted by Crippen LogP contribution is -2.49. The molecule has 2 fully saturated rings. The first-order valence-corrected chi connectivity index (χ1v) is 10.2. The Morgan fingerprint density at radius 2 is 1.96 bits per heavy atom. The van der Waals surface area contributed by atoms with E-state index in [1.807, 2.05) is 25.1 Å². The molecule has 1 aliphatic carbocycles. The zero-order valence-electron chi connectivity index (χ0n) is 16.0. The number of rotatable bonds is 3. The van der Waals surface area contributed by atoms with Crippen LogP contribution < -0.4 is 10.2 Å². The summed E-state index contributed by atoms with van der Waals surface area (Å²) >= 11 is 0. The van der Waals surface area contributed by atoms with Gasteiger partial charge in [0.2, 0.25) is 5.91 Å². The number of hydrogen-bond donors (Lipinski definition) is 2. The van der Waals surface area contributed by atoms with Crippen LogP contribution in [0.4, 0.5) is 5.69 Å². The minimum absolute atomic E-state index is 0.0258. The van der Waals surface area contributed by atoms with Crippen LogP contribution in [0.25, 0.3) is 10.9 Å². The van der Waals surface area contributed by atoms with Crippen LogP contribution in [0.3, 0.4) is 0 Å². The molecule has 5 heteroatoms. The number of pyridine rings is 1. The maximum absolute atomic E-state index is 13.6. The number of piperidine rings is 1. The van der Waals surface area contributed by atoms with Crippen LogP contribution in [-0.2, 0) is 4.79 Å². The number of aliphatic hydroxyl groups is 1. The smallest absolute Gasteiger partial charge is 0.231 e. The van der Waals surface area contributed by atoms with Crippen molar-refractivity contribution in [1.29, 1.82) is 0 Å². The molecule has 1 amide bonds. The van der Waals surface area contributed by atoms with Crippen molar-refractivity contribution in [3.05, 3.63) is 36.0 Å². The van der Waals surface area contributed by atoms with Crippen molar-refractivity contribution in [1.82, 2.24) is 10.3 Å². The molecule has 0 radical (unpaired) electrons. The Hall–Kier alpha value is -1.98. The number of carbonyl (C=O) groups is 1. The van der Waals surface area contributed by atoms with Crippen molar-refractivity contribution in [3.8, 4) is 0 Å². The Balaban J connectivity index is 1.77. The maximum atomic E-state index is 13.6.